The number of nitrogens with zero attached hydrogens (tertiary/aromatic N) is 1. The monoisotopic (exact) mass is 409 g/mol. The Kier molecular flexibility index (Phi) is 6.30. The zero-order valence-electron chi connectivity index (χ0n) is 16.9. The van der Waals surface area contributed by atoms with Crippen LogP contribution in [0.2, 0.25) is 0 Å². The Morgan fingerprint density at radius 1 is 0.867 bits per heavy atom. The average molecular weight is 409 g/mol. The van der Waals surface area contributed by atoms with E-state index in [4.69, 9.17) is 9.47 Å². The molecule has 1 aliphatic heterocycles. The van der Waals surface area contributed by atoms with Crippen molar-refractivity contribution in [3.63, 3.8) is 0 Å². The molecule has 2 aromatic carbocycles. The molecule has 1 heterocycles. The van der Waals surface area contributed by atoms with Crippen LogP contribution in [-0.2, 0) is 25.7 Å². The Morgan fingerprint density at radius 2 is 1.40 bits per heavy atom. The molecule has 2 amide bonds. The van der Waals surface area contributed by atoms with Gasteiger partial charge in [0.2, 0.25) is 0 Å². The van der Waals surface area contributed by atoms with Crippen LogP contribution in [0.5, 0.6) is 0 Å². The van der Waals surface area contributed by atoms with Crippen molar-refractivity contribution >= 4 is 23.8 Å². The van der Waals surface area contributed by atoms with Crippen LogP contribution in [0.25, 0.3) is 0 Å². The summed E-state index contributed by atoms with van der Waals surface area (Å²) in [5, 5.41) is 0. The standard InChI is InChI=1S/C23H23NO6/c1-3-29-21(27)23(2,22(28)30-15-16-9-5-4-6-10-16)13-14-24-19(25)17-11-7-8-12-18(17)20(24)26/h4-12H,3,13-15H2,1-2H3/t23-/m0/s1. The zero-order chi connectivity index (χ0) is 21.7. The molecular formula is C23H23NO6. The van der Waals surface area contributed by atoms with Crippen LogP contribution in [-0.4, -0.2) is 41.8 Å². The van der Waals surface area contributed by atoms with Crippen molar-refractivity contribution in [1.82, 2.24) is 4.90 Å². The Bertz CT molecular complexity index is 936. The maximum atomic E-state index is 12.8. The van der Waals surface area contributed by atoms with Gasteiger partial charge in [-0.05, 0) is 38.0 Å². The molecule has 3 rings (SSSR count). The molecule has 0 radical (unpaired) electrons. The minimum Gasteiger partial charge on any atom is -0.465 e. The van der Waals surface area contributed by atoms with Crippen molar-refractivity contribution in [1.29, 1.82) is 0 Å². The number of carbonyl (C=O) groups is 4. The van der Waals surface area contributed by atoms with Gasteiger partial charge in [0.15, 0.2) is 5.41 Å². The number of amides is 2. The van der Waals surface area contributed by atoms with Crippen LogP contribution in [0.15, 0.2) is 54.6 Å². The normalized spacial score (nSPS) is 14.8. The molecule has 2 aromatic rings. The number of hydrogen-bond donors (Lipinski definition) is 0. The number of ether oxygens (including phenoxy) is 2. The summed E-state index contributed by atoms with van der Waals surface area (Å²) >= 11 is 0. The molecule has 0 saturated carbocycles. The average Bonchev–Trinajstić information content (AvgIpc) is 3.01. The van der Waals surface area contributed by atoms with E-state index in [0.29, 0.717) is 11.1 Å². The van der Waals surface area contributed by atoms with Crippen molar-refractivity contribution in [2.75, 3.05) is 13.2 Å². The van der Waals surface area contributed by atoms with Crippen molar-refractivity contribution in [3.05, 3.63) is 71.3 Å². The van der Waals surface area contributed by atoms with E-state index in [9.17, 15) is 19.2 Å². The van der Waals surface area contributed by atoms with Gasteiger partial charge in [0.05, 0.1) is 17.7 Å². The van der Waals surface area contributed by atoms with Gasteiger partial charge in [0, 0.05) is 6.54 Å². The highest BCUT2D eigenvalue weighted by molar-refractivity contribution is 6.21. The van der Waals surface area contributed by atoms with Gasteiger partial charge < -0.3 is 9.47 Å². The molecule has 0 N–H and O–H groups in total. The highest BCUT2D eigenvalue weighted by Crippen LogP contribution is 2.29. The Labute approximate surface area is 174 Å². The van der Waals surface area contributed by atoms with Crippen molar-refractivity contribution in [2.45, 2.75) is 26.9 Å². The highest BCUT2D eigenvalue weighted by atomic mass is 16.6. The second-order valence-electron chi connectivity index (χ2n) is 7.17. The predicted molar refractivity (Wildman–Crippen MR) is 107 cm³/mol. The molecule has 156 valence electrons. The number of imide groups is 1. The van der Waals surface area contributed by atoms with E-state index in [1.165, 1.54) is 6.92 Å². The maximum Gasteiger partial charge on any atom is 0.323 e. The second-order valence-corrected chi connectivity index (χ2v) is 7.17. The first-order valence-corrected chi connectivity index (χ1v) is 9.72. The van der Waals surface area contributed by atoms with Crippen molar-refractivity contribution in [3.8, 4) is 0 Å². The number of hydrogen-bond acceptors (Lipinski definition) is 6. The van der Waals surface area contributed by atoms with Crippen LogP contribution in [0.3, 0.4) is 0 Å². The lowest BCUT2D eigenvalue weighted by molar-refractivity contribution is -0.172. The summed E-state index contributed by atoms with van der Waals surface area (Å²) in [5.74, 6) is -2.40. The maximum absolute atomic E-state index is 12.8. The van der Waals surface area contributed by atoms with Crippen LogP contribution in [0.1, 0.15) is 46.5 Å². The third-order valence-corrected chi connectivity index (χ3v) is 5.10. The number of fused-ring (bicyclic) bond motifs is 1. The summed E-state index contributed by atoms with van der Waals surface area (Å²) in [5.41, 5.74) is -0.253. The van der Waals surface area contributed by atoms with Gasteiger partial charge in [-0.3, -0.25) is 24.1 Å². The third kappa shape index (κ3) is 4.10. The quantitative estimate of drug-likeness (QED) is 0.378. The molecule has 1 aliphatic rings. The Balaban J connectivity index is 1.74. The van der Waals surface area contributed by atoms with Gasteiger partial charge >= 0.3 is 11.9 Å². The first-order valence-electron chi connectivity index (χ1n) is 9.72. The molecule has 1 atom stereocenters. The first kappa shape index (κ1) is 21.2. The molecule has 0 aliphatic carbocycles. The van der Waals surface area contributed by atoms with E-state index in [2.05, 4.69) is 0 Å². The van der Waals surface area contributed by atoms with Crippen LogP contribution < -0.4 is 0 Å². The zero-order valence-corrected chi connectivity index (χ0v) is 16.9. The van der Waals surface area contributed by atoms with Crippen molar-refractivity contribution in [2.24, 2.45) is 5.41 Å². The van der Waals surface area contributed by atoms with Gasteiger partial charge in [0.1, 0.15) is 6.61 Å². The molecule has 30 heavy (non-hydrogen) atoms. The van der Waals surface area contributed by atoms with E-state index >= 15 is 0 Å². The van der Waals surface area contributed by atoms with Gasteiger partial charge in [-0.1, -0.05) is 42.5 Å². The van der Waals surface area contributed by atoms with Crippen LogP contribution in [0.4, 0.5) is 0 Å². The molecular weight excluding hydrogens is 386 g/mol. The smallest absolute Gasteiger partial charge is 0.323 e. The molecule has 0 bridgehead atoms. The number of benzene rings is 2. The molecule has 0 fully saturated rings. The molecule has 0 spiro atoms. The summed E-state index contributed by atoms with van der Waals surface area (Å²) in [4.78, 5) is 51.6. The minimum absolute atomic E-state index is 0.00167. The summed E-state index contributed by atoms with van der Waals surface area (Å²) < 4.78 is 10.4. The lowest BCUT2D eigenvalue weighted by atomic mass is 9.86. The van der Waals surface area contributed by atoms with Crippen LogP contribution in [0, 0.1) is 5.41 Å². The van der Waals surface area contributed by atoms with Gasteiger partial charge in [-0.15, -0.1) is 0 Å². The second kappa shape index (κ2) is 8.90. The highest BCUT2D eigenvalue weighted by Gasteiger charge is 2.46. The van der Waals surface area contributed by atoms with E-state index in [1.807, 2.05) is 18.2 Å². The van der Waals surface area contributed by atoms with E-state index in [-0.39, 0.29) is 26.2 Å². The summed E-state index contributed by atoms with van der Waals surface area (Å²) in [7, 11) is 0. The summed E-state index contributed by atoms with van der Waals surface area (Å²) in [6, 6.07) is 15.6. The summed E-state index contributed by atoms with van der Waals surface area (Å²) in [6.45, 7) is 3.03. The fourth-order valence-corrected chi connectivity index (χ4v) is 3.24. The van der Waals surface area contributed by atoms with Gasteiger partial charge in [0.25, 0.3) is 11.8 Å². The topological polar surface area (TPSA) is 90.0 Å². The fourth-order valence-electron chi connectivity index (χ4n) is 3.24. The molecule has 0 saturated heterocycles. The van der Waals surface area contributed by atoms with Crippen molar-refractivity contribution < 1.29 is 28.7 Å². The predicted octanol–water partition coefficient (Wildman–Crippen LogP) is 2.99. The van der Waals surface area contributed by atoms with Crippen LogP contribution >= 0.6 is 0 Å². The Morgan fingerprint density at radius 3 is 1.97 bits per heavy atom. The SMILES string of the molecule is CCOC(=O)[C@](C)(CCN1C(=O)c2ccccc2C1=O)C(=O)OCc1ccccc1. The summed E-state index contributed by atoms with van der Waals surface area (Å²) in [6.07, 6.45) is -0.106. The largest absolute Gasteiger partial charge is 0.465 e. The number of rotatable bonds is 8. The minimum atomic E-state index is -1.65. The third-order valence-electron chi connectivity index (χ3n) is 5.10. The van der Waals surface area contributed by atoms with E-state index in [1.54, 1.807) is 43.3 Å². The van der Waals surface area contributed by atoms with Gasteiger partial charge in [-0.2, -0.15) is 0 Å². The lowest BCUT2D eigenvalue weighted by Gasteiger charge is -2.27. The Hall–Kier alpha value is -3.48. The lowest BCUT2D eigenvalue weighted by Crippen LogP contribution is -2.43. The molecule has 0 aromatic heterocycles. The first-order chi connectivity index (χ1) is 14.4. The number of carbonyl (C=O) groups excluding carboxylic acids is 4. The molecule has 7 heteroatoms. The molecule has 0 unspecified atom stereocenters. The fraction of sp³-hybridized carbons (Fsp3) is 0.304. The van der Waals surface area contributed by atoms with Gasteiger partial charge in [-0.25, -0.2) is 0 Å². The number of esters is 2. The van der Waals surface area contributed by atoms with E-state index in [0.717, 1.165) is 10.5 Å². The van der Waals surface area contributed by atoms with E-state index < -0.39 is 29.2 Å². The molecule has 7 nitrogen and oxygen atoms in total.